The van der Waals surface area contributed by atoms with Crippen molar-refractivity contribution in [3.8, 4) is 34.1 Å². The van der Waals surface area contributed by atoms with Crippen molar-refractivity contribution in [2.45, 2.75) is 26.1 Å². The van der Waals surface area contributed by atoms with Crippen molar-refractivity contribution in [3.05, 3.63) is 77.4 Å². The lowest BCUT2D eigenvalue weighted by molar-refractivity contribution is -0.00520. The average molecular weight is 484 g/mol. The molecule has 0 amide bonds. The Morgan fingerprint density at radius 3 is 2.37 bits per heavy atom. The van der Waals surface area contributed by atoms with Crippen LogP contribution in [0.2, 0.25) is 5.02 Å². The molecule has 2 heterocycles. The number of hydrogen-bond donors (Lipinski definition) is 0. The molecule has 35 heavy (non-hydrogen) atoms. The molecule has 5 nitrogen and oxygen atoms in total. The molecule has 1 fully saturated rings. The lowest BCUT2D eigenvalue weighted by Crippen LogP contribution is -2.45. The fourth-order valence-electron chi connectivity index (χ4n) is 4.89. The van der Waals surface area contributed by atoms with E-state index in [-0.39, 0.29) is 12.2 Å². The van der Waals surface area contributed by atoms with Crippen LogP contribution in [0.25, 0.3) is 33.2 Å². The summed E-state index contributed by atoms with van der Waals surface area (Å²) in [6.45, 7) is 5.79. The van der Waals surface area contributed by atoms with Crippen molar-refractivity contribution in [1.82, 2.24) is 4.98 Å². The third-order valence-electron chi connectivity index (χ3n) is 6.40. The van der Waals surface area contributed by atoms with Gasteiger partial charge in [-0.3, -0.25) is 4.98 Å². The van der Waals surface area contributed by atoms with Crippen LogP contribution in [0.1, 0.15) is 19.4 Å². The van der Waals surface area contributed by atoms with E-state index in [1.54, 1.807) is 7.11 Å². The van der Waals surface area contributed by atoms with Gasteiger partial charge >= 0.3 is 0 Å². The first-order valence-electron chi connectivity index (χ1n) is 11.6. The number of methoxy groups -OCH3 is 1. The number of halogens is 1. The third-order valence-corrected chi connectivity index (χ3v) is 6.70. The van der Waals surface area contributed by atoms with E-state index < -0.39 is 0 Å². The maximum Gasteiger partial charge on any atom is 0.137 e. The Labute approximate surface area is 210 Å². The smallest absolute Gasteiger partial charge is 0.137 e. The van der Waals surface area contributed by atoms with Gasteiger partial charge in [0.15, 0.2) is 0 Å². The largest absolute Gasteiger partial charge is 0.495 e. The highest BCUT2D eigenvalue weighted by molar-refractivity contribution is 6.33. The predicted molar refractivity (Wildman–Crippen MR) is 141 cm³/mol. The zero-order chi connectivity index (χ0) is 24.5. The Morgan fingerprint density at radius 1 is 1.00 bits per heavy atom. The molecule has 0 spiro atoms. The lowest BCUT2D eigenvalue weighted by atomic mass is 9.98. The normalized spacial score (nSPS) is 17.9. The van der Waals surface area contributed by atoms with Crippen LogP contribution in [0.5, 0.6) is 5.75 Å². The van der Waals surface area contributed by atoms with Crippen LogP contribution in [-0.4, -0.2) is 37.4 Å². The minimum atomic E-state index is 0.157. The van der Waals surface area contributed by atoms with Crippen molar-refractivity contribution in [2.24, 2.45) is 0 Å². The standard InChI is InChI=1S/C29H26ClN3O2/c1-18-16-33(17-19(2)35-18)27-12-11-22(13-26(27)30)25-15-32-28-23(5-4-6-24(28)29(25)34-3)21-9-7-20(14-31)8-10-21/h4-13,15,18-19H,16-17H2,1-3H3. The van der Waals surface area contributed by atoms with Gasteiger partial charge in [-0.1, -0.05) is 41.9 Å². The fraction of sp³-hybridized carbons (Fsp3) is 0.241. The second kappa shape index (κ2) is 9.58. The van der Waals surface area contributed by atoms with E-state index in [0.717, 1.165) is 57.7 Å². The maximum atomic E-state index is 9.12. The van der Waals surface area contributed by atoms with Gasteiger partial charge in [-0.05, 0) is 55.3 Å². The second-order valence-electron chi connectivity index (χ2n) is 8.92. The van der Waals surface area contributed by atoms with Crippen molar-refractivity contribution < 1.29 is 9.47 Å². The number of benzene rings is 3. The Morgan fingerprint density at radius 2 is 1.71 bits per heavy atom. The molecule has 5 rings (SSSR count). The maximum absolute atomic E-state index is 9.12. The molecular formula is C29H26ClN3O2. The van der Waals surface area contributed by atoms with E-state index in [0.29, 0.717) is 10.6 Å². The summed E-state index contributed by atoms with van der Waals surface area (Å²) in [6, 6.07) is 21.9. The van der Waals surface area contributed by atoms with E-state index >= 15 is 0 Å². The number of morpholine rings is 1. The highest BCUT2D eigenvalue weighted by Crippen LogP contribution is 2.41. The molecule has 0 radical (unpaired) electrons. The van der Waals surface area contributed by atoms with Crippen LogP contribution in [0, 0.1) is 11.3 Å². The van der Waals surface area contributed by atoms with Crippen molar-refractivity contribution >= 4 is 28.2 Å². The van der Waals surface area contributed by atoms with Crippen LogP contribution >= 0.6 is 11.6 Å². The molecule has 0 N–H and O–H groups in total. The zero-order valence-corrected chi connectivity index (χ0v) is 20.7. The number of rotatable bonds is 4. The van der Waals surface area contributed by atoms with Crippen LogP contribution in [0.15, 0.2) is 66.9 Å². The molecular weight excluding hydrogens is 458 g/mol. The van der Waals surface area contributed by atoms with Gasteiger partial charge in [-0.15, -0.1) is 0 Å². The van der Waals surface area contributed by atoms with Crippen molar-refractivity contribution in [1.29, 1.82) is 5.26 Å². The summed E-state index contributed by atoms with van der Waals surface area (Å²) < 4.78 is 11.8. The zero-order valence-electron chi connectivity index (χ0n) is 20.0. The minimum Gasteiger partial charge on any atom is -0.495 e. The van der Waals surface area contributed by atoms with E-state index in [9.17, 15) is 0 Å². The number of aromatic nitrogens is 1. The first kappa shape index (κ1) is 23.2. The second-order valence-corrected chi connectivity index (χ2v) is 9.33. The highest BCUT2D eigenvalue weighted by Gasteiger charge is 2.24. The van der Waals surface area contributed by atoms with Crippen LogP contribution in [0.4, 0.5) is 5.69 Å². The van der Waals surface area contributed by atoms with Gasteiger partial charge in [-0.25, -0.2) is 0 Å². The number of para-hydroxylation sites is 1. The molecule has 6 heteroatoms. The summed E-state index contributed by atoms with van der Waals surface area (Å²) in [7, 11) is 1.68. The number of nitriles is 1. The van der Waals surface area contributed by atoms with Crippen molar-refractivity contribution in [3.63, 3.8) is 0 Å². The van der Waals surface area contributed by atoms with Gasteiger partial charge in [-0.2, -0.15) is 5.26 Å². The molecule has 2 unspecified atom stereocenters. The van der Waals surface area contributed by atoms with Crippen LogP contribution in [-0.2, 0) is 4.74 Å². The molecule has 176 valence electrons. The van der Waals surface area contributed by atoms with E-state index in [1.165, 1.54) is 0 Å². The molecule has 4 aromatic rings. The summed E-state index contributed by atoms with van der Waals surface area (Å²) in [5.41, 5.74) is 6.30. The molecule has 0 saturated carbocycles. The quantitative estimate of drug-likeness (QED) is 0.322. The molecule has 1 saturated heterocycles. The molecule has 3 aromatic carbocycles. The van der Waals surface area contributed by atoms with E-state index in [4.69, 9.17) is 31.3 Å². The summed E-state index contributed by atoms with van der Waals surface area (Å²) in [6.07, 6.45) is 2.16. The van der Waals surface area contributed by atoms with E-state index in [2.05, 4.69) is 36.9 Å². The van der Waals surface area contributed by atoms with Gasteiger partial charge in [0.1, 0.15) is 5.75 Å². The number of ether oxygens (including phenoxy) is 2. The number of hydrogen-bond acceptors (Lipinski definition) is 5. The van der Waals surface area contributed by atoms with Gasteiger partial charge in [0, 0.05) is 35.8 Å². The number of anilines is 1. The van der Waals surface area contributed by atoms with Crippen LogP contribution in [0.3, 0.4) is 0 Å². The summed E-state index contributed by atoms with van der Waals surface area (Å²) in [5, 5.41) is 10.7. The Balaban J connectivity index is 1.56. The predicted octanol–water partition coefficient (Wildman–Crippen LogP) is 6.72. The summed E-state index contributed by atoms with van der Waals surface area (Å²) >= 11 is 6.79. The van der Waals surface area contributed by atoms with Crippen LogP contribution < -0.4 is 9.64 Å². The third kappa shape index (κ3) is 4.43. The summed E-state index contributed by atoms with van der Waals surface area (Å²) in [4.78, 5) is 7.11. The number of fused-ring (bicyclic) bond motifs is 1. The molecule has 1 aliphatic heterocycles. The van der Waals surface area contributed by atoms with Gasteiger partial charge in [0.2, 0.25) is 0 Å². The Kier molecular flexibility index (Phi) is 6.34. The Bertz CT molecular complexity index is 1420. The average Bonchev–Trinajstić information content (AvgIpc) is 2.87. The van der Waals surface area contributed by atoms with Gasteiger partial charge in [0.25, 0.3) is 0 Å². The van der Waals surface area contributed by atoms with Gasteiger partial charge < -0.3 is 14.4 Å². The molecule has 1 aromatic heterocycles. The van der Waals surface area contributed by atoms with Gasteiger partial charge in [0.05, 0.1) is 47.2 Å². The molecule has 2 atom stereocenters. The highest BCUT2D eigenvalue weighted by atomic mass is 35.5. The molecule has 1 aliphatic rings. The number of nitrogens with zero attached hydrogens (tertiary/aromatic N) is 3. The molecule has 0 bridgehead atoms. The number of pyridine rings is 1. The topological polar surface area (TPSA) is 58.4 Å². The summed E-state index contributed by atoms with van der Waals surface area (Å²) in [5.74, 6) is 0.753. The first-order chi connectivity index (χ1) is 17.0. The lowest BCUT2D eigenvalue weighted by Gasteiger charge is -2.37. The van der Waals surface area contributed by atoms with E-state index in [1.807, 2.05) is 54.7 Å². The SMILES string of the molecule is COc1c(-c2ccc(N3CC(C)OC(C)C3)c(Cl)c2)cnc2c(-c3ccc(C#N)cc3)cccc12. The first-order valence-corrected chi connectivity index (χ1v) is 12.0. The molecule has 0 aliphatic carbocycles. The Hall–Kier alpha value is -3.59. The fourth-order valence-corrected chi connectivity index (χ4v) is 5.19. The minimum absolute atomic E-state index is 0.157. The monoisotopic (exact) mass is 483 g/mol. The van der Waals surface area contributed by atoms with Crippen molar-refractivity contribution in [2.75, 3.05) is 25.1 Å².